The average Bonchev–Trinajstić information content (AvgIpc) is 2.40. The van der Waals surface area contributed by atoms with Crippen LogP contribution in [-0.4, -0.2) is 6.54 Å². The van der Waals surface area contributed by atoms with Gasteiger partial charge in [-0.15, -0.1) is 0 Å². The van der Waals surface area contributed by atoms with Gasteiger partial charge in [-0.25, -0.2) is 0 Å². The van der Waals surface area contributed by atoms with E-state index in [1.807, 2.05) is 0 Å². The molecule has 0 aliphatic carbocycles. The zero-order valence-electron chi connectivity index (χ0n) is 10.6. The Morgan fingerprint density at radius 2 is 1.89 bits per heavy atom. The molecule has 90 valence electrons. The average molecular weight is 235 g/mol. The molecule has 2 aromatic rings. The summed E-state index contributed by atoms with van der Waals surface area (Å²) >= 11 is 0. The molecule has 18 heavy (non-hydrogen) atoms. The molecule has 1 heterocycles. The zero-order valence-corrected chi connectivity index (χ0v) is 10.6. The van der Waals surface area contributed by atoms with E-state index in [9.17, 15) is 0 Å². The minimum atomic E-state index is 0.322. The molecule has 0 fully saturated rings. The van der Waals surface area contributed by atoms with Crippen molar-refractivity contribution in [2.75, 3.05) is 11.9 Å². The maximum absolute atomic E-state index is 4.23. The van der Waals surface area contributed by atoms with Crippen molar-refractivity contribution >= 4 is 5.69 Å². The third kappa shape index (κ3) is 1.82. The Hall–Kier alpha value is -2.02. The van der Waals surface area contributed by atoms with Crippen molar-refractivity contribution in [3.8, 4) is 0 Å². The van der Waals surface area contributed by atoms with Crippen molar-refractivity contribution in [1.29, 1.82) is 0 Å². The lowest BCUT2D eigenvalue weighted by Gasteiger charge is -2.29. The first kappa shape index (κ1) is 11.1. The van der Waals surface area contributed by atoms with E-state index in [4.69, 9.17) is 0 Å². The van der Waals surface area contributed by atoms with Gasteiger partial charge in [0.15, 0.2) is 0 Å². The molecule has 1 aliphatic heterocycles. The van der Waals surface area contributed by atoms with Gasteiger partial charge < -0.3 is 5.32 Å². The second-order valence-electron chi connectivity index (χ2n) is 4.95. The highest BCUT2D eigenvalue weighted by atomic mass is 14.9. The molecule has 0 bridgehead atoms. The van der Waals surface area contributed by atoms with Crippen molar-refractivity contribution < 1.29 is 0 Å². The minimum absolute atomic E-state index is 0.322. The molecule has 0 aromatic heterocycles. The van der Waals surface area contributed by atoms with Crippen molar-refractivity contribution in [3.05, 3.63) is 77.4 Å². The molecule has 3 rings (SSSR count). The standard InChI is InChI=1S/C17H17N/c1-12-8-9-15-16(10-12)18-11-13(2)17(15)14-6-4-3-5-7-14/h3-10,17-18H,2,11H2,1H3. The quantitative estimate of drug-likeness (QED) is 0.733. The van der Waals surface area contributed by atoms with Gasteiger partial charge in [-0.05, 0) is 35.3 Å². The summed E-state index contributed by atoms with van der Waals surface area (Å²) in [7, 11) is 0. The van der Waals surface area contributed by atoms with Crippen LogP contribution < -0.4 is 5.32 Å². The van der Waals surface area contributed by atoms with Gasteiger partial charge in [0.2, 0.25) is 0 Å². The number of anilines is 1. The van der Waals surface area contributed by atoms with Crippen LogP contribution in [0.15, 0.2) is 60.7 Å². The summed E-state index contributed by atoms with van der Waals surface area (Å²) < 4.78 is 0. The fourth-order valence-electron chi connectivity index (χ4n) is 2.67. The summed E-state index contributed by atoms with van der Waals surface area (Å²) in [4.78, 5) is 0. The van der Waals surface area contributed by atoms with Crippen molar-refractivity contribution in [2.45, 2.75) is 12.8 Å². The molecule has 2 aromatic carbocycles. The topological polar surface area (TPSA) is 12.0 Å². The molecule has 1 atom stereocenters. The van der Waals surface area contributed by atoms with Gasteiger partial charge in [0.05, 0.1) is 0 Å². The maximum atomic E-state index is 4.23. The lowest BCUT2D eigenvalue weighted by molar-refractivity contribution is 0.892. The molecule has 1 nitrogen and oxygen atoms in total. The molecular weight excluding hydrogens is 218 g/mol. The van der Waals surface area contributed by atoms with E-state index in [0.717, 1.165) is 6.54 Å². The Labute approximate surface area is 108 Å². The van der Waals surface area contributed by atoms with Gasteiger partial charge >= 0.3 is 0 Å². The SMILES string of the molecule is C=C1CNc2cc(C)ccc2C1c1ccccc1. The van der Waals surface area contributed by atoms with E-state index in [1.54, 1.807) is 0 Å². The number of hydrogen-bond acceptors (Lipinski definition) is 1. The molecule has 1 N–H and O–H groups in total. The summed E-state index contributed by atoms with van der Waals surface area (Å²) in [5.41, 5.74) is 6.44. The summed E-state index contributed by atoms with van der Waals surface area (Å²) in [6, 6.07) is 17.2. The van der Waals surface area contributed by atoms with Gasteiger partial charge in [-0.1, -0.05) is 49.0 Å². The van der Waals surface area contributed by atoms with E-state index < -0.39 is 0 Å². The normalized spacial score (nSPS) is 18.1. The van der Waals surface area contributed by atoms with E-state index in [2.05, 4.69) is 67.4 Å². The van der Waals surface area contributed by atoms with Crippen LogP contribution in [0, 0.1) is 6.92 Å². The molecule has 0 radical (unpaired) electrons. The van der Waals surface area contributed by atoms with Crippen LogP contribution in [-0.2, 0) is 0 Å². The van der Waals surface area contributed by atoms with E-state index in [1.165, 1.54) is 28.0 Å². The molecule has 1 unspecified atom stereocenters. The first-order chi connectivity index (χ1) is 8.75. The second-order valence-corrected chi connectivity index (χ2v) is 4.95. The van der Waals surface area contributed by atoms with Gasteiger partial charge in [0.25, 0.3) is 0 Å². The summed E-state index contributed by atoms with van der Waals surface area (Å²) in [6.07, 6.45) is 0. The fraction of sp³-hybridized carbons (Fsp3) is 0.176. The summed E-state index contributed by atoms with van der Waals surface area (Å²) in [5, 5.41) is 3.45. The van der Waals surface area contributed by atoms with Gasteiger partial charge in [0, 0.05) is 18.2 Å². The Bertz CT molecular complexity index is 584. The number of benzene rings is 2. The number of fused-ring (bicyclic) bond motifs is 1. The monoisotopic (exact) mass is 235 g/mol. The number of aryl methyl sites for hydroxylation is 1. The first-order valence-corrected chi connectivity index (χ1v) is 6.33. The molecule has 1 aliphatic rings. The maximum Gasteiger partial charge on any atom is 0.0387 e. The fourth-order valence-corrected chi connectivity index (χ4v) is 2.67. The third-order valence-electron chi connectivity index (χ3n) is 3.57. The lowest BCUT2D eigenvalue weighted by Crippen LogP contribution is -2.20. The van der Waals surface area contributed by atoms with Crippen molar-refractivity contribution in [2.24, 2.45) is 0 Å². The smallest absolute Gasteiger partial charge is 0.0387 e. The van der Waals surface area contributed by atoms with Gasteiger partial charge in [-0.2, -0.15) is 0 Å². The van der Waals surface area contributed by atoms with Crippen molar-refractivity contribution in [1.82, 2.24) is 0 Å². The molecule has 0 spiro atoms. The molecule has 0 amide bonds. The second kappa shape index (κ2) is 4.34. The Kier molecular flexibility index (Phi) is 2.67. The van der Waals surface area contributed by atoms with E-state index in [-0.39, 0.29) is 0 Å². The third-order valence-corrected chi connectivity index (χ3v) is 3.57. The minimum Gasteiger partial charge on any atom is -0.381 e. The Morgan fingerprint density at radius 1 is 1.11 bits per heavy atom. The summed E-state index contributed by atoms with van der Waals surface area (Å²) in [6.45, 7) is 7.22. The van der Waals surface area contributed by atoms with Crippen LogP contribution in [0.4, 0.5) is 5.69 Å². The molecular formula is C17H17N. The van der Waals surface area contributed by atoms with Crippen LogP contribution in [0.5, 0.6) is 0 Å². The molecule has 0 saturated heterocycles. The Morgan fingerprint density at radius 3 is 2.67 bits per heavy atom. The highest BCUT2D eigenvalue weighted by molar-refractivity contribution is 5.63. The predicted octanol–water partition coefficient (Wildman–Crippen LogP) is 4.11. The first-order valence-electron chi connectivity index (χ1n) is 6.33. The van der Waals surface area contributed by atoms with Crippen LogP contribution in [0.2, 0.25) is 0 Å². The van der Waals surface area contributed by atoms with Crippen LogP contribution in [0.3, 0.4) is 0 Å². The number of rotatable bonds is 1. The molecule has 0 saturated carbocycles. The largest absolute Gasteiger partial charge is 0.381 e. The van der Waals surface area contributed by atoms with E-state index in [0.29, 0.717) is 5.92 Å². The Balaban J connectivity index is 2.13. The summed E-state index contributed by atoms with van der Waals surface area (Å²) in [5.74, 6) is 0.322. The van der Waals surface area contributed by atoms with Crippen LogP contribution in [0.25, 0.3) is 0 Å². The van der Waals surface area contributed by atoms with Gasteiger partial charge in [-0.3, -0.25) is 0 Å². The molecule has 1 heteroatoms. The highest BCUT2D eigenvalue weighted by Gasteiger charge is 2.24. The van der Waals surface area contributed by atoms with Crippen molar-refractivity contribution in [3.63, 3.8) is 0 Å². The van der Waals surface area contributed by atoms with E-state index >= 15 is 0 Å². The lowest BCUT2D eigenvalue weighted by atomic mass is 9.82. The highest BCUT2D eigenvalue weighted by Crippen LogP contribution is 2.39. The van der Waals surface area contributed by atoms with Gasteiger partial charge in [0.1, 0.15) is 0 Å². The number of hydrogen-bond donors (Lipinski definition) is 1. The van der Waals surface area contributed by atoms with Crippen LogP contribution in [0.1, 0.15) is 22.6 Å². The zero-order chi connectivity index (χ0) is 12.5. The predicted molar refractivity (Wildman–Crippen MR) is 77.1 cm³/mol. The number of nitrogens with one attached hydrogen (secondary N) is 1. The van der Waals surface area contributed by atoms with Crippen LogP contribution >= 0.6 is 0 Å².